The number of amides is 1. The molecule has 5 aromatic carbocycles. The Morgan fingerprint density at radius 1 is 0.470 bits per heavy atom. The summed E-state index contributed by atoms with van der Waals surface area (Å²) in [5.74, 6) is 0.0285. The SMILES string of the molecule is Brc1ccc2[nH]cc(CCCN3CCOCC3)c2c1.Cl.NC(=Nc1ccc2[nH]cc(CCCN3CCOCC3)c2c1)c1cccs1.Nc1ccc2[nH]cc(CCCN3CCOCC3)c2c1.O=C(CCc1c[nH]c2ccc(Br)cc12)N1CCOCC1.O=C(O)CCc1c[nH]c2ccc(Br)cc12. The number of nitrogens with zero attached hydrogens (tertiary/aromatic N) is 5. The lowest BCUT2D eigenvalue weighted by Crippen LogP contribution is -2.40. The van der Waals surface area contributed by atoms with Crippen molar-refractivity contribution < 1.29 is 33.6 Å². The molecule has 0 atom stereocenters. The van der Waals surface area contributed by atoms with E-state index in [0.717, 1.165) is 194 Å². The van der Waals surface area contributed by atoms with Crippen LogP contribution in [0.1, 0.15) is 64.8 Å². The van der Waals surface area contributed by atoms with Crippen molar-refractivity contribution in [3.63, 3.8) is 0 Å². The number of ether oxygens (including phenoxy) is 4. The molecule has 11 aromatic rings. The van der Waals surface area contributed by atoms with Crippen LogP contribution in [-0.2, 0) is 60.6 Å². The standard InChI is InChI=1S/C20H24N4OS.C15H17BrN2O2.C15H19BrN2O.C15H21N3O.C11H10BrNO2.ClH/c21-20(19-4-2-12-26-19)23-16-5-6-18-17(13-16)15(14-22-18)3-1-7-24-8-10-25-11-9-24;16-12-2-3-14-13(9-12)11(10-17-14)1-4-15(19)18-5-7-20-8-6-18;2*16-13-3-4-15-14(10-13)12(11-17-15)2-1-5-18-6-8-19-9-7-18;12-8-2-3-10-9(5-8)7(6-13-10)1-4-11(14)15;/h2,4-6,12-14,22H,1,3,7-11H2,(H2,21,23);2-3,9-10,17H,1,4-8H2;3-4,10-11,17H,1-2,5-9H2;3-4,10-11,17H,1-2,5-9,16H2;2-3,5-6,13H,1,4H2,(H,14,15);1H. The molecule has 4 fully saturated rings. The Balaban J connectivity index is 0.000000136. The number of carbonyl (C=O) groups excluding carboxylic acids is 1. The molecular weight excluding hydrogens is 1500 g/mol. The number of fused-ring (bicyclic) bond motifs is 5. The number of rotatable bonds is 20. The van der Waals surface area contributed by atoms with Crippen LogP contribution < -0.4 is 11.5 Å². The van der Waals surface area contributed by atoms with E-state index in [1.165, 1.54) is 74.2 Å². The fourth-order valence-electron chi connectivity index (χ4n) is 12.9. The summed E-state index contributed by atoms with van der Waals surface area (Å²) in [6, 6.07) is 34.8. The highest BCUT2D eigenvalue weighted by Crippen LogP contribution is 2.29. The van der Waals surface area contributed by atoms with Crippen LogP contribution in [-0.4, -0.2) is 192 Å². The number of benzene rings is 5. The predicted octanol–water partition coefficient (Wildman–Crippen LogP) is 14.8. The van der Waals surface area contributed by atoms with Crippen LogP contribution in [0.25, 0.3) is 54.5 Å². The van der Waals surface area contributed by atoms with E-state index in [1.807, 2.05) is 77.3 Å². The number of carboxylic acids is 1. The van der Waals surface area contributed by atoms with Crippen molar-refractivity contribution in [3.8, 4) is 0 Å². The average molecular weight is 1590 g/mol. The minimum atomic E-state index is -0.764. The number of carboxylic acid groups (broad SMARTS) is 1. The number of nitrogen functional groups attached to an aromatic ring is 1. The lowest BCUT2D eigenvalue weighted by Gasteiger charge is -2.26. The number of hydrogen-bond donors (Lipinski definition) is 8. The summed E-state index contributed by atoms with van der Waals surface area (Å²) in [7, 11) is 0. The number of aromatic amines is 5. The van der Waals surface area contributed by atoms with Crippen molar-refractivity contribution in [3.05, 3.63) is 186 Å². The molecule has 532 valence electrons. The molecule has 100 heavy (non-hydrogen) atoms. The topological polar surface area (TPSA) is 248 Å². The number of carbonyl (C=O) groups is 2. The Morgan fingerprint density at radius 2 is 0.830 bits per heavy atom. The smallest absolute Gasteiger partial charge is 0.303 e. The van der Waals surface area contributed by atoms with E-state index in [1.54, 1.807) is 11.3 Å². The van der Waals surface area contributed by atoms with Gasteiger partial charge in [0.15, 0.2) is 0 Å². The van der Waals surface area contributed by atoms with Crippen LogP contribution in [0, 0.1) is 0 Å². The van der Waals surface area contributed by atoms with Crippen LogP contribution in [0.5, 0.6) is 0 Å². The third kappa shape index (κ3) is 22.3. The number of thiophene rings is 1. The molecule has 6 aromatic heterocycles. The van der Waals surface area contributed by atoms with Gasteiger partial charge in [0.25, 0.3) is 0 Å². The second-order valence-electron chi connectivity index (χ2n) is 25.2. The van der Waals surface area contributed by atoms with Gasteiger partial charge in [0.1, 0.15) is 5.84 Å². The molecule has 15 rings (SSSR count). The maximum Gasteiger partial charge on any atom is 0.303 e. The molecule has 4 saturated heterocycles. The molecule has 24 heteroatoms. The number of aliphatic imine (C=N–C) groups is 1. The van der Waals surface area contributed by atoms with Crippen molar-refractivity contribution in [2.24, 2.45) is 10.7 Å². The van der Waals surface area contributed by atoms with Gasteiger partial charge in [0.2, 0.25) is 5.91 Å². The zero-order valence-electron chi connectivity index (χ0n) is 56.5. The molecule has 10 heterocycles. The van der Waals surface area contributed by atoms with Gasteiger partial charge in [-0.05, 0) is 201 Å². The normalized spacial score (nSPS) is 15.5. The van der Waals surface area contributed by atoms with Gasteiger partial charge in [-0.2, -0.15) is 0 Å². The number of aromatic nitrogens is 5. The maximum atomic E-state index is 12.1. The zero-order chi connectivity index (χ0) is 68.7. The number of halogens is 4. The van der Waals surface area contributed by atoms with E-state index in [4.69, 9.17) is 35.5 Å². The molecule has 0 spiro atoms. The molecule has 1 amide bonds. The number of hydrogen-bond acceptors (Lipinski definition) is 12. The number of anilines is 1. The van der Waals surface area contributed by atoms with Gasteiger partial charge in [0, 0.05) is 170 Å². The highest BCUT2D eigenvalue weighted by molar-refractivity contribution is 9.11. The highest BCUT2D eigenvalue weighted by Gasteiger charge is 2.19. The molecule has 0 radical (unpaired) electrons. The molecule has 19 nitrogen and oxygen atoms in total. The molecule has 0 aliphatic carbocycles. The Kier molecular flexibility index (Phi) is 29.6. The first-order chi connectivity index (χ1) is 48.3. The molecule has 0 unspecified atom stereocenters. The van der Waals surface area contributed by atoms with Crippen molar-refractivity contribution in [1.82, 2.24) is 44.5 Å². The summed E-state index contributed by atoms with van der Waals surface area (Å²) in [5.41, 5.74) is 25.8. The van der Waals surface area contributed by atoms with Gasteiger partial charge in [-0.15, -0.1) is 23.7 Å². The minimum Gasteiger partial charge on any atom is -0.481 e. The summed E-state index contributed by atoms with van der Waals surface area (Å²) in [6.07, 6.45) is 19.2. The van der Waals surface area contributed by atoms with Crippen LogP contribution in [0.2, 0.25) is 0 Å². The molecule has 4 aliphatic heterocycles. The quantitative estimate of drug-likeness (QED) is 0.0202. The van der Waals surface area contributed by atoms with Gasteiger partial charge >= 0.3 is 5.97 Å². The summed E-state index contributed by atoms with van der Waals surface area (Å²) in [4.78, 5) is 54.0. The number of aryl methyl sites for hydroxylation is 5. The largest absolute Gasteiger partial charge is 0.481 e. The summed E-state index contributed by atoms with van der Waals surface area (Å²) in [6.45, 7) is 17.9. The van der Waals surface area contributed by atoms with Gasteiger partial charge in [-0.3, -0.25) is 24.3 Å². The van der Waals surface area contributed by atoms with Gasteiger partial charge in [-0.1, -0.05) is 53.9 Å². The summed E-state index contributed by atoms with van der Waals surface area (Å²) >= 11 is 12.0. The van der Waals surface area contributed by atoms with Gasteiger partial charge < -0.3 is 65.3 Å². The molecule has 0 saturated carbocycles. The third-order valence-electron chi connectivity index (χ3n) is 18.4. The fraction of sp³-hybridized carbons (Fsp3) is 0.382. The van der Waals surface area contributed by atoms with Crippen LogP contribution in [0.4, 0.5) is 11.4 Å². The highest BCUT2D eigenvalue weighted by atomic mass is 79.9. The van der Waals surface area contributed by atoms with E-state index in [-0.39, 0.29) is 24.7 Å². The second kappa shape index (κ2) is 39.0. The molecular formula is C76H92Br3ClN12O7S. The lowest BCUT2D eigenvalue weighted by molar-refractivity contribution is -0.137. The molecule has 10 N–H and O–H groups in total. The number of nitrogens with two attached hydrogens (primary N) is 2. The second-order valence-corrected chi connectivity index (χ2v) is 28.9. The van der Waals surface area contributed by atoms with E-state index in [0.29, 0.717) is 31.9 Å². The number of H-pyrrole nitrogens is 5. The van der Waals surface area contributed by atoms with Crippen molar-refractivity contribution in [1.29, 1.82) is 0 Å². The van der Waals surface area contributed by atoms with Crippen LogP contribution in [0.3, 0.4) is 0 Å². The Hall–Kier alpha value is -6.84. The number of aliphatic carboxylic acids is 1. The van der Waals surface area contributed by atoms with Gasteiger partial charge in [0.05, 0.1) is 63.4 Å². The number of amidine groups is 1. The predicted molar refractivity (Wildman–Crippen MR) is 419 cm³/mol. The zero-order valence-corrected chi connectivity index (χ0v) is 62.9. The first-order valence-corrected chi connectivity index (χ1v) is 37.7. The average Bonchev–Trinajstić information content (AvgIpc) is 1.74. The van der Waals surface area contributed by atoms with Crippen molar-refractivity contribution >= 4 is 155 Å². The number of nitrogens with one attached hydrogen (secondary N) is 5. The van der Waals surface area contributed by atoms with E-state index in [9.17, 15) is 9.59 Å². The van der Waals surface area contributed by atoms with Crippen molar-refractivity contribution in [2.45, 2.75) is 64.2 Å². The third-order valence-corrected chi connectivity index (χ3v) is 20.8. The maximum absolute atomic E-state index is 12.1. The monoisotopic (exact) mass is 1590 g/mol. The van der Waals surface area contributed by atoms with E-state index in [2.05, 4.69) is 160 Å². The van der Waals surface area contributed by atoms with E-state index >= 15 is 0 Å². The van der Waals surface area contributed by atoms with Gasteiger partial charge in [-0.25, -0.2) is 4.99 Å². The van der Waals surface area contributed by atoms with Crippen LogP contribution >= 0.6 is 71.5 Å². The Labute approximate surface area is 619 Å². The molecule has 0 bridgehead atoms. The number of morpholine rings is 4. The first kappa shape index (κ1) is 75.8. The lowest BCUT2D eigenvalue weighted by atomic mass is 10.1. The summed E-state index contributed by atoms with van der Waals surface area (Å²) < 4.78 is 24.6. The Morgan fingerprint density at radius 3 is 1.23 bits per heavy atom. The van der Waals surface area contributed by atoms with E-state index < -0.39 is 5.97 Å². The fourth-order valence-corrected chi connectivity index (χ4v) is 14.7. The molecule has 4 aliphatic rings. The van der Waals surface area contributed by atoms with Crippen LogP contribution in [0.15, 0.2) is 158 Å². The summed E-state index contributed by atoms with van der Waals surface area (Å²) in [5, 5.41) is 16.8. The first-order valence-electron chi connectivity index (χ1n) is 34.4. The minimum absolute atomic E-state index is 0. The van der Waals surface area contributed by atoms with Crippen molar-refractivity contribution in [2.75, 3.05) is 131 Å². The Bertz CT molecular complexity index is 4270.